The van der Waals surface area contributed by atoms with Crippen LogP contribution in [-0.2, 0) is 6.54 Å². The van der Waals surface area contributed by atoms with Gasteiger partial charge in [0.2, 0.25) is 5.88 Å². The molecule has 0 atom stereocenters. The molecule has 1 amide bonds. The number of halogens is 1. The molecule has 1 fully saturated rings. The number of imidazole rings is 1. The fraction of sp³-hybridized carbons (Fsp3) is 0.333. The molecule has 3 heterocycles. The molecule has 49 heavy (non-hydrogen) atoms. The number of pyridine rings is 2. The second kappa shape index (κ2) is 15.0. The van der Waals surface area contributed by atoms with Gasteiger partial charge in [-0.15, -0.1) is 0 Å². The van der Waals surface area contributed by atoms with Gasteiger partial charge in [-0.1, -0.05) is 30.7 Å². The van der Waals surface area contributed by atoms with Crippen molar-refractivity contribution in [1.82, 2.24) is 24.6 Å². The third-order valence-electron chi connectivity index (χ3n) is 9.18. The van der Waals surface area contributed by atoms with Crippen molar-refractivity contribution in [3.8, 4) is 28.5 Å². The summed E-state index contributed by atoms with van der Waals surface area (Å²) in [4.78, 5) is 36.9. The number of hydrogen-bond acceptors (Lipinski definition) is 7. The Labute approximate surface area is 285 Å². The van der Waals surface area contributed by atoms with Gasteiger partial charge in [-0.2, -0.15) is 0 Å². The molecule has 2 N–H and O–H groups in total. The van der Waals surface area contributed by atoms with E-state index in [9.17, 15) is 19.1 Å². The first kappa shape index (κ1) is 33.8. The average molecular weight is 664 g/mol. The topological polar surface area (TPSA) is 109 Å². The molecule has 5 aromatic rings. The third-order valence-corrected chi connectivity index (χ3v) is 9.18. The molecule has 0 bridgehead atoms. The zero-order valence-electron chi connectivity index (χ0n) is 28.2. The zero-order valence-corrected chi connectivity index (χ0v) is 28.2. The van der Waals surface area contributed by atoms with Gasteiger partial charge in [0.1, 0.15) is 28.7 Å². The van der Waals surface area contributed by atoms with Crippen LogP contribution in [0.3, 0.4) is 0 Å². The number of nitrogens with one attached hydrogen (secondary N) is 1. The highest BCUT2D eigenvalue weighted by Crippen LogP contribution is 2.33. The van der Waals surface area contributed by atoms with Crippen molar-refractivity contribution >= 4 is 17.3 Å². The number of amides is 1. The van der Waals surface area contributed by atoms with Crippen molar-refractivity contribution in [1.29, 1.82) is 0 Å². The molecule has 3 aromatic heterocycles. The van der Waals surface area contributed by atoms with Crippen LogP contribution in [0, 0.1) is 18.7 Å². The second-order valence-corrected chi connectivity index (χ2v) is 13.2. The van der Waals surface area contributed by atoms with Gasteiger partial charge in [0.25, 0.3) is 5.91 Å². The smallest absolute Gasteiger partial charge is 0.271 e. The number of carbonyl (C=O) groups excluding carboxylic acids is 2. The SMILES string of the molecule is Cc1cccc2nc(C(=O)NC3CCC(CCCC(=O)c4cc(F)cnc4Oc4cccc(-c5ccc(O)cc5CN(C)C)c4)CC3)cn12. The number of ketones is 1. The summed E-state index contributed by atoms with van der Waals surface area (Å²) < 4.78 is 22.3. The van der Waals surface area contributed by atoms with Gasteiger partial charge in [0.15, 0.2) is 5.78 Å². The summed E-state index contributed by atoms with van der Waals surface area (Å²) >= 11 is 0. The molecule has 0 spiro atoms. The van der Waals surface area contributed by atoms with Crippen molar-refractivity contribution in [2.45, 2.75) is 64.5 Å². The number of aromatic hydroxyl groups is 1. The van der Waals surface area contributed by atoms with Crippen LogP contribution in [0.4, 0.5) is 4.39 Å². The Hall–Kier alpha value is -5.09. The van der Waals surface area contributed by atoms with E-state index >= 15 is 0 Å². The molecule has 0 unspecified atom stereocenters. The van der Waals surface area contributed by atoms with Gasteiger partial charge in [0, 0.05) is 30.9 Å². The fourth-order valence-electron chi connectivity index (χ4n) is 6.68. The molecule has 0 radical (unpaired) electrons. The number of phenols is 1. The lowest BCUT2D eigenvalue weighted by molar-refractivity contribution is 0.0912. The maximum atomic E-state index is 14.3. The first-order chi connectivity index (χ1) is 23.6. The molecule has 1 aliphatic rings. The first-order valence-corrected chi connectivity index (χ1v) is 16.8. The maximum Gasteiger partial charge on any atom is 0.271 e. The lowest BCUT2D eigenvalue weighted by Gasteiger charge is -2.29. The van der Waals surface area contributed by atoms with E-state index in [0.29, 0.717) is 30.3 Å². The lowest BCUT2D eigenvalue weighted by Crippen LogP contribution is -2.37. The van der Waals surface area contributed by atoms with Gasteiger partial charge in [-0.3, -0.25) is 9.59 Å². The summed E-state index contributed by atoms with van der Waals surface area (Å²) in [6, 6.07) is 19.8. The molecule has 0 saturated heterocycles. The van der Waals surface area contributed by atoms with Crippen LogP contribution >= 0.6 is 0 Å². The molecule has 10 heteroatoms. The summed E-state index contributed by atoms with van der Waals surface area (Å²) in [5.74, 6) is 0.225. The van der Waals surface area contributed by atoms with Gasteiger partial charge in [-0.25, -0.2) is 14.4 Å². The van der Waals surface area contributed by atoms with Crippen molar-refractivity contribution in [2.75, 3.05) is 14.1 Å². The largest absolute Gasteiger partial charge is 0.508 e. The number of aryl methyl sites for hydroxylation is 1. The number of aromatic nitrogens is 3. The molecule has 254 valence electrons. The third kappa shape index (κ3) is 8.32. The summed E-state index contributed by atoms with van der Waals surface area (Å²) in [7, 11) is 3.93. The van der Waals surface area contributed by atoms with Crippen molar-refractivity contribution < 1.29 is 23.8 Å². The van der Waals surface area contributed by atoms with Crippen LogP contribution in [0.5, 0.6) is 17.4 Å². The molecule has 0 aliphatic heterocycles. The van der Waals surface area contributed by atoms with Gasteiger partial charge in [0.05, 0.1) is 11.8 Å². The minimum Gasteiger partial charge on any atom is -0.508 e. The van der Waals surface area contributed by atoms with E-state index in [1.165, 1.54) is 6.07 Å². The van der Waals surface area contributed by atoms with Crippen molar-refractivity contribution in [3.63, 3.8) is 0 Å². The van der Waals surface area contributed by atoms with E-state index in [2.05, 4.69) is 15.3 Å². The number of nitrogens with zero attached hydrogens (tertiary/aromatic N) is 4. The van der Waals surface area contributed by atoms with Crippen LogP contribution in [-0.4, -0.2) is 56.2 Å². The molecular formula is C39H42FN5O4. The Kier molecular flexibility index (Phi) is 10.3. The monoisotopic (exact) mass is 663 g/mol. The highest BCUT2D eigenvalue weighted by molar-refractivity contribution is 5.98. The molecular weight excluding hydrogens is 621 g/mol. The van der Waals surface area contributed by atoms with Gasteiger partial charge >= 0.3 is 0 Å². The van der Waals surface area contributed by atoms with Crippen LogP contribution in [0.25, 0.3) is 16.8 Å². The fourth-order valence-corrected chi connectivity index (χ4v) is 6.68. The highest BCUT2D eigenvalue weighted by Gasteiger charge is 2.24. The number of carbonyl (C=O) groups is 2. The van der Waals surface area contributed by atoms with Crippen LogP contribution in [0.2, 0.25) is 0 Å². The quantitative estimate of drug-likeness (QED) is 0.131. The highest BCUT2D eigenvalue weighted by atomic mass is 19.1. The summed E-state index contributed by atoms with van der Waals surface area (Å²) in [5, 5.41) is 13.2. The Balaban J connectivity index is 1.02. The molecule has 9 nitrogen and oxygen atoms in total. The molecule has 2 aromatic carbocycles. The molecule has 1 aliphatic carbocycles. The molecule has 6 rings (SSSR count). The van der Waals surface area contributed by atoms with Crippen LogP contribution in [0.1, 0.15) is 77.0 Å². The minimum absolute atomic E-state index is 0.0692. The van der Waals surface area contributed by atoms with E-state index in [1.807, 2.05) is 72.8 Å². The van der Waals surface area contributed by atoms with E-state index < -0.39 is 5.82 Å². The van der Waals surface area contributed by atoms with E-state index in [-0.39, 0.29) is 41.3 Å². The van der Waals surface area contributed by atoms with Gasteiger partial charge < -0.3 is 24.5 Å². The maximum absolute atomic E-state index is 14.3. The number of phenolic OH excluding ortho intramolecular Hbond substituents is 1. The Morgan fingerprint density at radius 2 is 1.84 bits per heavy atom. The van der Waals surface area contributed by atoms with Gasteiger partial charge in [-0.05, 0) is 118 Å². The summed E-state index contributed by atoms with van der Waals surface area (Å²) in [6.45, 7) is 2.61. The Morgan fingerprint density at radius 3 is 2.61 bits per heavy atom. The molecule has 1 saturated carbocycles. The normalized spacial score (nSPS) is 16.2. The summed E-state index contributed by atoms with van der Waals surface area (Å²) in [6.07, 6.45) is 8.32. The predicted octanol–water partition coefficient (Wildman–Crippen LogP) is 7.75. The number of rotatable bonds is 12. The van der Waals surface area contributed by atoms with E-state index in [1.54, 1.807) is 24.4 Å². The standard InChI is InChI=1S/C39H42FN5O4/c1-25-7-4-12-37-43-35(24-45(25)37)38(48)42-30-15-13-26(14-16-30)8-5-11-36(47)34-21-29(40)22-41-39(34)49-32-10-6-9-27(20-32)33-18-17-31(46)19-28(33)23-44(2)3/h4,6-7,9-10,12,17-22,24,26,30,46H,5,8,11,13-16,23H2,1-3H3,(H,42,48). The van der Waals surface area contributed by atoms with Crippen LogP contribution < -0.4 is 10.1 Å². The van der Waals surface area contributed by atoms with Crippen molar-refractivity contribution in [2.24, 2.45) is 5.92 Å². The Bertz CT molecular complexity index is 1960. The van der Waals surface area contributed by atoms with Crippen LogP contribution in [0.15, 0.2) is 79.1 Å². The number of hydrogen-bond donors (Lipinski definition) is 2. The Morgan fingerprint density at radius 1 is 1.04 bits per heavy atom. The van der Waals surface area contributed by atoms with E-state index in [0.717, 1.165) is 66.3 Å². The van der Waals surface area contributed by atoms with E-state index in [4.69, 9.17) is 4.74 Å². The predicted molar refractivity (Wildman–Crippen MR) is 187 cm³/mol. The number of ether oxygens (including phenoxy) is 1. The van der Waals surface area contributed by atoms with Crippen molar-refractivity contribution in [3.05, 3.63) is 107 Å². The number of Topliss-reactive ketones (excluding diaryl/α,β-unsaturated/α-hetero) is 1. The number of benzene rings is 2. The second-order valence-electron chi connectivity index (χ2n) is 13.2. The number of fused-ring (bicyclic) bond motifs is 1. The zero-order chi connectivity index (χ0) is 34.5. The minimum atomic E-state index is -0.596. The lowest BCUT2D eigenvalue weighted by atomic mass is 9.83. The summed E-state index contributed by atoms with van der Waals surface area (Å²) in [5.41, 5.74) is 5.09. The average Bonchev–Trinajstić information content (AvgIpc) is 3.52. The first-order valence-electron chi connectivity index (χ1n) is 16.8.